The highest BCUT2D eigenvalue weighted by Gasteiger charge is 2.13. The second kappa shape index (κ2) is 4.61. The molecule has 100 valence electrons. The van der Waals surface area contributed by atoms with E-state index in [0.29, 0.717) is 16.8 Å². The Morgan fingerprint density at radius 2 is 1.95 bits per heavy atom. The second-order valence-corrected chi connectivity index (χ2v) is 4.74. The fourth-order valence-electron chi connectivity index (χ4n) is 2.08. The molecule has 0 radical (unpaired) electrons. The predicted octanol–water partition coefficient (Wildman–Crippen LogP) is 2.04. The molecule has 0 saturated carbocycles. The standard InChI is InChI=1S/C14H10ClN3O2/c1-8-12(15)17-14(20)18(13(8)19)10-6-2-4-9-5-3-7-16-11(9)10/h2-7H,1H3,(H,17,20). The first-order chi connectivity index (χ1) is 9.59. The average Bonchev–Trinajstić information content (AvgIpc) is 2.45. The number of rotatable bonds is 1. The van der Waals surface area contributed by atoms with E-state index in [4.69, 9.17) is 11.6 Å². The van der Waals surface area contributed by atoms with E-state index in [0.717, 1.165) is 9.95 Å². The molecule has 0 saturated heterocycles. The number of benzene rings is 1. The Kier molecular flexibility index (Phi) is 2.91. The Morgan fingerprint density at radius 3 is 2.75 bits per heavy atom. The minimum absolute atomic E-state index is 0.0597. The zero-order valence-corrected chi connectivity index (χ0v) is 11.3. The molecule has 2 heterocycles. The number of fused-ring (bicyclic) bond motifs is 1. The lowest BCUT2D eigenvalue weighted by Crippen LogP contribution is -2.35. The maximum absolute atomic E-state index is 12.3. The van der Waals surface area contributed by atoms with Crippen LogP contribution < -0.4 is 11.2 Å². The Hall–Kier alpha value is -2.40. The van der Waals surface area contributed by atoms with Crippen LogP contribution in [0.15, 0.2) is 46.1 Å². The van der Waals surface area contributed by atoms with Crippen LogP contribution in [0.3, 0.4) is 0 Å². The van der Waals surface area contributed by atoms with E-state index in [-0.39, 0.29) is 5.15 Å². The Bertz CT molecular complexity index is 922. The van der Waals surface area contributed by atoms with Crippen LogP contribution in [-0.4, -0.2) is 14.5 Å². The SMILES string of the molecule is Cc1c(Cl)[nH]c(=O)n(-c2cccc3cccnc23)c1=O. The first kappa shape index (κ1) is 12.6. The molecule has 0 aliphatic rings. The molecule has 20 heavy (non-hydrogen) atoms. The zero-order chi connectivity index (χ0) is 14.3. The van der Waals surface area contributed by atoms with Crippen LogP contribution in [0.5, 0.6) is 0 Å². The highest BCUT2D eigenvalue weighted by Crippen LogP contribution is 2.18. The Balaban J connectivity index is 2.47. The van der Waals surface area contributed by atoms with Gasteiger partial charge in [-0.3, -0.25) is 14.8 Å². The summed E-state index contributed by atoms with van der Waals surface area (Å²) in [6.07, 6.45) is 1.62. The highest BCUT2D eigenvalue weighted by molar-refractivity contribution is 6.30. The fraction of sp³-hybridized carbons (Fsp3) is 0.0714. The van der Waals surface area contributed by atoms with Crippen molar-refractivity contribution in [3.05, 3.63) is 68.1 Å². The molecule has 6 heteroatoms. The number of pyridine rings is 1. The quantitative estimate of drug-likeness (QED) is 0.696. The van der Waals surface area contributed by atoms with Gasteiger partial charge in [-0.2, -0.15) is 0 Å². The number of para-hydroxylation sites is 1. The Labute approximate surface area is 118 Å². The van der Waals surface area contributed by atoms with E-state index in [2.05, 4.69) is 9.97 Å². The topological polar surface area (TPSA) is 67.8 Å². The van der Waals surface area contributed by atoms with E-state index in [1.54, 1.807) is 31.3 Å². The van der Waals surface area contributed by atoms with Gasteiger partial charge in [0.05, 0.1) is 16.8 Å². The largest absolute Gasteiger partial charge is 0.334 e. The lowest BCUT2D eigenvalue weighted by Gasteiger charge is -2.09. The molecule has 0 aliphatic carbocycles. The maximum atomic E-state index is 12.3. The van der Waals surface area contributed by atoms with Crippen molar-refractivity contribution >= 4 is 22.5 Å². The van der Waals surface area contributed by atoms with Gasteiger partial charge in [-0.1, -0.05) is 29.8 Å². The molecule has 0 fully saturated rings. The molecule has 0 atom stereocenters. The van der Waals surface area contributed by atoms with Crippen molar-refractivity contribution < 1.29 is 0 Å². The number of halogens is 1. The van der Waals surface area contributed by atoms with Crippen molar-refractivity contribution in [3.63, 3.8) is 0 Å². The monoisotopic (exact) mass is 287 g/mol. The van der Waals surface area contributed by atoms with E-state index < -0.39 is 11.2 Å². The third-order valence-corrected chi connectivity index (χ3v) is 3.50. The summed E-state index contributed by atoms with van der Waals surface area (Å²) >= 11 is 5.81. The minimum atomic E-state index is -0.580. The molecular formula is C14H10ClN3O2. The van der Waals surface area contributed by atoms with Crippen molar-refractivity contribution in [3.8, 4) is 5.69 Å². The molecule has 5 nitrogen and oxygen atoms in total. The lowest BCUT2D eigenvalue weighted by molar-refractivity contribution is 0.863. The number of hydrogen-bond donors (Lipinski definition) is 1. The van der Waals surface area contributed by atoms with Crippen LogP contribution in [0, 0.1) is 6.92 Å². The van der Waals surface area contributed by atoms with Crippen LogP contribution in [0.25, 0.3) is 16.6 Å². The van der Waals surface area contributed by atoms with Crippen molar-refractivity contribution in [1.29, 1.82) is 0 Å². The zero-order valence-electron chi connectivity index (χ0n) is 10.6. The second-order valence-electron chi connectivity index (χ2n) is 4.36. The van der Waals surface area contributed by atoms with Gasteiger partial charge in [0.2, 0.25) is 0 Å². The van der Waals surface area contributed by atoms with Crippen molar-refractivity contribution in [1.82, 2.24) is 14.5 Å². The number of nitrogens with zero attached hydrogens (tertiary/aromatic N) is 2. The molecule has 1 N–H and O–H groups in total. The van der Waals surface area contributed by atoms with Crippen molar-refractivity contribution in [2.24, 2.45) is 0 Å². The lowest BCUT2D eigenvalue weighted by atomic mass is 10.2. The highest BCUT2D eigenvalue weighted by atomic mass is 35.5. The summed E-state index contributed by atoms with van der Waals surface area (Å²) in [6.45, 7) is 1.57. The normalized spacial score (nSPS) is 10.9. The van der Waals surface area contributed by atoms with Gasteiger partial charge in [0.15, 0.2) is 0 Å². The first-order valence-corrected chi connectivity index (χ1v) is 6.33. The number of hydrogen-bond acceptors (Lipinski definition) is 3. The van der Waals surface area contributed by atoms with Crippen LogP contribution in [-0.2, 0) is 0 Å². The van der Waals surface area contributed by atoms with Gasteiger partial charge in [0.25, 0.3) is 5.56 Å². The molecule has 0 amide bonds. The molecule has 3 rings (SSSR count). The fourth-order valence-corrected chi connectivity index (χ4v) is 2.25. The molecule has 0 aliphatic heterocycles. The summed E-state index contributed by atoms with van der Waals surface area (Å²) in [4.78, 5) is 31.0. The van der Waals surface area contributed by atoms with E-state index in [1.807, 2.05) is 12.1 Å². The van der Waals surface area contributed by atoms with Gasteiger partial charge in [0, 0.05) is 11.6 Å². The van der Waals surface area contributed by atoms with Crippen molar-refractivity contribution in [2.75, 3.05) is 0 Å². The summed E-state index contributed by atoms with van der Waals surface area (Å²) in [5.74, 6) is 0. The van der Waals surface area contributed by atoms with Gasteiger partial charge >= 0.3 is 5.69 Å². The van der Waals surface area contributed by atoms with Crippen LogP contribution in [0.2, 0.25) is 5.15 Å². The van der Waals surface area contributed by atoms with Gasteiger partial charge in [0.1, 0.15) is 5.15 Å². The van der Waals surface area contributed by atoms with E-state index >= 15 is 0 Å². The number of aromatic amines is 1. The summed E-state index contributed by atoms with van der Waals surface area (Å²) in [6, 6.07) is 8.99. The number of H-pyrrole nitrogens is 1. The van der Waals surface area contributed by atoms with Crippen molar-refractivity contribution in [2.45, 2.75) is 6.92 Å². The molecule has 1 aromatic carbocycles. The van der Waals surface area contributed by atoms with Gasteiger partial charge in [-0.15, -0.1) is 0 Å². The molecule has 3 aromatic rings. The predicted molar refractivity (Wildman–Crippen MR) is 77.7 cm³/mol. The van der Waals surface area contributed by atoms with Crippen LogP contribution in [0.1, 0.15) is 5.56 Å². The summed E-state index contributed by atoms with van der Waals surface area (Å²) in [7, 11) is 0. The summed E-state index contributed by atoms with van der Waals surface area (Å²) in [5.41, 5.74) is 0.290. The third kappa shape index (κ3) is 1.83. The maximum Gasteiger partial charge on any atom is 0.334 e. The molecular weight excluding hydrogens is 278 g/mol. The average molecular weight is 288 g/mol. The minimum Gasteiger partial charge on any atom is -0.297 e. The first-order valence-electron chi connectivity index (χ1n) is 5.95. The third-order valence-electron chi connectivity index (χ3n) is 3.13. The van der Waals surface area contributed by atoms with Gasteiger partial charge in [-0.25, -0.2) is 9.36 Å². The molecule has 0 unspecified atom stereocenters. The summed E-state index contributed by atoms with van der Waals surface area (Å²) < 4.78 is 1.05. The Morgan fingerprint density at radius 1 is 1.20 bits per heavy atom. The molecule has 2 aromatic heterocycles. The van der Waals surface area contributed by atoms with Crippen LogP contribution in [0.4, 0.5) is 0 Å². The number of aromatic nitrogens is 3. The van der Waals surface area contributed by atoms with E-state index in [9.17, 15) is 9.59 Å². The van der Waals surface area contributed by atoms with Crippen LogP contribution >= 0.6 is 11.6 Å². The smallest absolute Gasteiger partial charge is 0.297 e. The molecule has 0 spiro atoms. The molecule has 0 bridgehead atoms. The van der Waals surface area contributed by atoms with E-state index in [1.165, 1.54) is 0 Å². The summed E-state index contributed by atoms with van der Waals surface area (Å²) in [5, 5.41) is 0.911. The van der Waals surface area contributed by atoms with Gasteiger partial charge < -0.3 is 0 Å². The number of nitrogens with one attached hydrogen (secondary N) is 1. The van der Waals surface area contributed by atoms with Gasteiger partial charge in [-0.05, 0) is 19.1 Å².